The van der Waals surface area contributed by atoms with E-state index in [2.05, 4.69) is 12.1 Å². The zero-order chi connectivity index (χ0) is 14.8. The van der Waals surface area contributed by atoms with Crippen LogP contribution in [0.15, 0.2) is 30.3 Å². The first-order chi connectivity index (χ1) is 10.2. The maximum absolute atomic E-state index is 12.5. The second-order valence-corrected chi connectivity index (χ2v) is 5.97. The minimum Gasteiger partial charge on any atom is -0.339 e. The van der Waals surface area contributed by atoms with Crippen LogP contribution >= 0.6 is 11.6 Å². The number of amides is 2. The number of alkyl halides is 1. The first-order valence-electron chi connectivity index (χ1n) is 7.38. The number of benzene rings is 1. The van der Waals surface area contributed by atoms with Gasteiger partial charge in [0, 0.05) is 32.1 Å². The zero-order valence-corrected chi connectivity index (χ0v) is 12.6. The van der Waals surface area contributed by atoms with Gasteiger partial charge in [0.15, 0.2) is 0 Å². The van der Waals surface area contributed by atoms with Crippen molar-refractivity contribution in [2.75, 3.05) is 32.1 Å². The van der Waals surface area contributed by atoms with Crippen molar-refractivity contribution >= 4 is 23.4 Å². The van der Waals surface area contributed by atoms with E-state index < -0.39 is 0 Å². The summed E-state index contributed by atoms with van der Waals surface area (Å²) in [6.45, 7) is 2.44. The average molecular weight is 307 g/mol. The fourth-order valence-corrected chi connectivity index (χ4v) is 3.20. The number of rotatable bonds is 3. The number of piperazine rings is 1. The van der Waals surface area contributed by atoms with Crippen molar-refractivity contribution in [2.45, 2.75) is 12.3 Å². The van der Waals surface area contributed by atoms with Crippen LogP contribution in [0.5, 0.6) is 0 Å². The molecule has 0 radical (unpaired) electrons. The third-order valence-electron chi connectivity index (χ3n) is 4.39. The van der Waals surface area contributed by atoms with Crippen LogP contribution in [-0.2, 0) is 9.59 Å². The smallest absolute Gasteiger partial charge is 0.237 e. The van der Waals surface area contributed by atoms with E-state index in [1.54, 1.807) is 4.90 Å². The Morgan fingerprint density at radius 2 is 1.67 bits per heavy atom. The molecule has 1 saturated heterocycles. The molecule has 0 bridgehead atoms. The molecule has 2 amide bonds. The van der Waals surface area contributed by atoms with Gasteiger partial charge < -0.3 is 9.80 Å². The first-order valence-corrected chi connectivity index (χ1v) is 7.91. The highest BCUT2D eigenvalue weighted by molar-refractivity contribution is 6.27. The SMILES string of the molecule is O=C(CCl)N1CCN(C(=O)[C@@H]2C[C@H]2c2ccccc2)CC1. The lowest BCUT2D eigenvalue weighted by molar-refractivity contribution is -0.139. The Bertz CT molecular complexity index is 526. The number of carbonyl (C=O) groups excluding carboxylic acids is 2. The molecule has 21 heavy (non-hydrogen) atoms. The number of carbonyl (C=O) groups is 2. The van der Waals surface area contributed by atoms with Crippen LogP contribution in [0.4, 0.5) is 0 Å². The Morgan fingerprint density at radius 1 is 1.05 bits per heavy atom. The molecule has 1 aliphatic carbocycles. The van der Waals surface area contributed by atoms with Crippen LogP contribution in [0, 0.1) is 5.92 Å². The van der Waals surface area contributed by atoms with E-state index in [1.165, 1.54) is 5.56 Å². The lowest BCUT2D eigenvalue weighted by Crippen LogP contribution is -2.51. The van der Waals surface area contributed by atoms with Crippen molar-refractivity contribution in [2.24, 2.45) is 5.92 Å². The molecule has 1 heterocycles. The lowest BCUT2D eigenvalue weighted by atomic mass is 10.1. The summed E-state index contributed by atoms with van der Waals surface area (Å²) in [6, 6.07) is 10.2. The predicted octanol–water partition coefficient (Wildman–Crippen LogP) is 1.70. The summed E-state index contributed by atoms with van der Waals surface area (Å²) in [5, 5.41) is 0. The third-order valence-corrected chi connectivity index (χ3v) is 4.62. The van der Waals surface area contributed by atoms with Gasteiger partial charge in [0.05, 0.1) is 0 Å². The van der Waals surface area contributed by atoms with Gasteiger partial charge >= 0.3 is 0 Å². The molecule has 1 aliphatic heterocycles. The second kappa shape index (κ2) is 6.06. The van der Waals surface area contributed by atoms with Crippen LogP contribution in [0.2, 0.25) is 0 Å². The number of hydrogen-bond acceptors (Lipinski definition) is 2. The Hall–Kier alpha value is -1.55. The van der Waals surface area contributed by atoms with Gasteiger partial charge in [-0.15, -0.1) is 11.6 Å². The molecule has 1 saturated carbocycles. The van der Waals surface area contributed by atoms with E-state index in [0.29, 0.717) is 32.1 Å². The monoisotopic (exact) mass is 306 g/mol. The normalized spacial score (nSPS) is 24.8. The maximum atomic E-state index is 12.5. The Morgan fingerprint density at radius 3 is 2.29 bits per heavy atom. The van der Waals surface area contributed by atoms with E-state index in [1.807, 2.05) is 23.1 Å². The van der Waals surface area contributed by atoms with Crippen molar-refractivity contribution in [3.05, 3.63) is 35.9 Å². The van der Waals surface area contributed by atoms with Gasteiger partial charge in [-0.05, 0) is 17.9 Å². The number of hydrogen-bond donors (Lipinski definition) is 0. The van der Waals surface area contributed by atoms with Crippen molar-refractivity contribution in [1.29, 1.82) is 0 Å². The topological polar surface area (TPSA) is 40.6 Å². The lowest BCUT2D eigenvalue weighted by Gasteiger charge is -2.34. The van der Waals surface area contributed by atoms with Gasteiger partial charge in [-0.1, -0.05) is 30.3 Å². The molecule has 112 valence electrons. The molecule has 3 rings (SSSR count). The standard InChI is InChI=1S/C16H19ClN2O2/c17-11-15(20)18-6-8-19(9-7-18)16(21)14-10-13(14)12-4-2-1-3-5-12/h1-5,13-14H,6-11H2/t13-,14+/m0/s1. The van der Waals surface area contributed by atoms with Gasteiger partial charge in [0.2, 0.25) is 11.8 Å². The van der Waals surface area contributed by atoms with Gasteiger partial charge in [-0.2, -0.15) is 0 Å². The van der Waals surface area contributed by atoms with Gasteiger partial charge in [-0.3, -0.25) is 9.59 Å². The summed E-state index contributed by atoms with van der Waals surface area (Å²) in [5.74, 6) is 0.718. The highest BCUT2D eigenvalue weighted by Crippen LogP contribution is 2.48. The summed E-state index contributed by atoms with van der Waals surface area (Å²) in [4.78, 5) is 27.6. The molecule has 2 aliphatic rings. The van der Waals surface area contributed by atoms with E-state index in [9.17, 15) is 9.59 Å². The molecular formula is C16H19ClN2O2. The van der Waals surface area contributed by atoms with E-state index in [0.717, 1.165) is 6.42 Å². The fraction of sp³-hybridized carbons (Fsp3) is 0.500. The van der Waals surface area contributed by atoms with Crippen LogP contribution in [0.3, 0.4) is 0 Å². The third kappa shape index (κ3) is 3.05. The summed E-state index contributed by atoms with van der Waals surface area (Å²) >= 11 is 5.56. The molecule has 1 aromatic carbocycles. The largest absolute Gasteiger partial charge is 0.339 e. The molecule has 2 atom stereocenters. The van der Waals surface area contributed by atoms with Crippen molar-refractivity contribution in [3.63, 3.8) is 0 Å². The summed E-state index contributed by atoms with van der Waals surface area (Å²) in [6.07, 6.45) is 0.948. The van der Waals surface area contributed by atoms with Crippen LogP contribution in [0.25, 0.3) is 0 Å². The molecular weight excluding hydrogens is 288 g/mol. The molecule has 0 N–H and O–H groups in total. The van der Waals surface area contributed by atoms with Gasteiger partial charge in [0.1, 0.15) is 5.88 Å². The molecule has 0 unspecified atom stereocenters. The zero-order valence-electron chi connectivity index (χ0n) is 11.9. The minimum atomic E-state index is -0.0441. The molecule has 2 fully saturated rings. The highest BCUT2D eigenvalue weighted by Gasteiger charge is 2.46. The van der Waals surface area contributed by atoms with Crippen LogP contribution < -0.4 is 0 Å². The predicted molar refractivity (Wildman–Crippen MR) is 81.2 cm³/mol. The van der Waals surface area contributed by atoms with Gasteiger partial charge in [0.25, 0.3) is 0 Å². The van der Waals surface area contributed by atoms with Crippen LogP contribution in [-0.4, -0.2) is 53.7 Å². The average Bonchev–Trinajstić information content (AvgIpc) is 3.35. The van der Waals surface area contributed by atoms with E-state index in [-0.39, 0.29) is 23.6 Å². The van der Waals surface area contributed by atoms with Crippen molar-refractivity contribution in [1.82, 2.24) is 9.80 Å². The highest BCUT2D eigenvalue weighted by atomic mass is 35.5. The summed E-state index contributed by atoms with van der Waals surface area (Å²) < 4.78 is 0. The number of nitrogens with zero attached hydrogens (tertiary/aromatic N) is 2. The van der Waals surface area contributed by atoms with E-state index in [4.69, 9.17) is 11.6 Å². The van der Waals surface area contributed by atoms with E-state index >= 15 is 0 Å². The number of halogens is 1. The minimum absolute atomic E-state index is 0.0205. The fourth-order valence-electron chi connectivity index (χ4n) is 3.03. The Kier molecular flexibility index (Phi) is 4.15. The summed E-state index contributed by atoms with van der Waals surface area (Å²) in [7, 11) is 0. The molecule has 5 heteroatoms. The molecule has 0 spiro atoms. The van der Waals surface area contributed by atoms with Crippen molar-refractivity contribution < 1.29 is 9.59 Å². The second-order valence-electron chi connectivity index (χ2n) is 5.70. The quantitative estimate of drug-likeness (QED) is 0.798. The molecule has 4 nitrogen and oxygen atoms in total. The Labute approximate surface area is 129 Å². The van der Waals surface area contributed by atoms with Gasteiger partial charge in [-0.25, -0.2) is 0 Å². The molecule has 0 aromatic heterocycles. The maximum Gasteiger partial charge on any atom is 0.237 e. The van der Waals surface area contributed by atoms with Crippen LogP contribution in [0.1, 0.15) is 17.9 Å². The van der Waals surface area contributed by atoms with Crippen molar-refractivity contribution in [3.8, 4) is 0 Å². The summed E-state index contributed by atoms with van der Waals surface area (Å²) in [5.41, 5.74) is 1.26. The Balaban J connectivity index is 1.53. The molecule has 1 aromatic rings. The first kappa shape index (κ1) is 14.4.